The number of fused-ring (bicyclic) bond motifs is 9. The highest BCUT2D eigenvalue weighted by Gasteiger charge is 2.16. The van der Waals surface area contributed by atoms with Crippen LogP contribution in [0.15, 0.2) is 179 Å². The number of hydrogen-bond donors (Lipinski definition) is 0. The van der Waals surface area contributed by atoms with Crippen molar-refractivity contribution in [3.8, 4) is 44.5 Å². The molecule has 0 aliphatic heterocycles. The molecular formula is C48H28O2S. The van der Waals surface area contributed by atoms with Crippen LogP contribution in [-0.2, 0) is 0 Å². The summed E-state index contributed by atoms with van der Waals surface area (Å²) < 4.78 is 14.8. The van der Waals surface area contributed by atoms with Crippen molar-refractivity contribution in [2.45, 2.75) is 0 Å². The fourth-order valence-corrected chi connectivity index (χ4v) is 9.00. The summed E-state index contributed by atoms with van der Waals surface area (Å²) in [6.07, 6.45) is 0. The van der Waals surface area contributed by atoms with Gasteiger partial charge in [0.25, 0.3) is 0 Å². The highest BCUT2D eigenvalue weighted by atomic mass is 32.1. The smallest absolute Gasteiger partial charge is 0.135 e. The minimum absolute atomic E-state index is 0.919. The van der Waals surface area contributed by atoms with Gasteiger partial charge in [0, 0.05) is 41.7 Å². The van der Waals surface area contributed by atoms with Crippen molar-refractivity contribution in [3.63, 3.8) is 0 Å². The van der Waals surface area contributed by atoms with Crippen LogP contribution in [0.3, 0.4) is 0 Å². The third kappa shape index (κ3) is 4.49. The number of furan rings is 2. The van der Waals surface area contributed by atoms with Crippen LogP contribution in [-0.4, -0.2) is 0 Å². The minimum atomic E-state index is 0.919. The summed E-state index contributed by atoms with van der Waals surface area (Å²) in [5.74, 6) is 0. The molecule has 3 heterocycles. The van der Waals surface area contributed by atoms with Crippen molar-refractivity contribution in [1.29, 1.82) is 0 Å². The lowest BCUT2D eigenvalue weighted by Gasteiger charge is -2.10. The Kier molecular flexibility index (Phi) is 6.16. The molecule has 0 N–H and O–H groups in total. The zero-order valence-corrected chi connectivity index (χ0v) is 28.2. The fraction of sp³-hybridized carbons (Fsp3) is 0. The Hall–Kier alpha value is -6.42. The molecule has 11 rings (SSSR count). The van der Waals surface area contributed by atoms with E-state index in [1.807, 2.05) is 35.6 Å². The van der Waals surface area contributed by atoms with E-state index < -0.39 is 0 Å². The summed E-state index contributed by atoms with van der Waals surface area (Å²) in [4.78, 5) is 0. The van der Waals surface area contributed by atoms with Crippen LogP contribution in [0.5, 0.6) is 0 Å². The first-order valence-electron chi connectivity index (χ1n) is 17.2. The van der Waals surface area contributed by atoms with Gasteiger partial charge >= 0.3 is 0 Å². The molecule has 0 aliphatic rings. The van der Waals surface area contributed by atoms with E-state index in [0.717, 1.165) is 43.9 Å². The molecule has 0 spiro atoms. The van der Waals surface area contributed by atoms with E-state index in [4.69, 9.17) is 8.83 Å². The largest absolute Gasteiger partial charge is 0.456 e. The SMILES string of the molecule is c1ccc2c(c1)oc1ccc(-c3ccc(-c4cccc5sc6cccc(-c7ccc(-c8ccc9oc%10ccccc%10c9c8)cc7)c6c45)cc3)cc12. The molecule has 3 heteroatoms. The van der Waals surface area contributed by atoms with Crippen LogP contribution in [0.25, 0.3) is 109 Å². The fourth-order valence-electron chi connectivity index (χ4n) is 7.84. The van der Waals surface area contributed by atoms with Gasteiger partial charge in [-0.2, -0.15) is 0 Å². The molecule has 0 radical (unpaired) electrons. The van der Waals surface area contributed by atoms with Crippen LogP contribution < -0.4 is 0 Å². The molecule has 0 unspecified atom stereocenters. The van der Waals surface area contributed by atoms with Gasteiger partial charge in [0.1, 0.15) is 22.3 Å². The van der Waals surface area contributed by atoms with E-state index in [1.54, 1.807) is 0 Å². The monoisotopic (exact) mass is 668 g/mol. The molecule has 51 heavy (non-hydrogen) atoms. The van der Waals surface area contributed by atoms with Gasteiger partial charge in [0.15, 0.2) is 0 Å². The van der Waals surface area contributed by atoms with Gasteiger partial charge in [-0.25, -0.2) is 0 Å². The highest BCUT2D eigenvalue weighted by molar-refractivity contribution is 7.26. The number of benzene rings is 8. The van der Waals surface area contributed by atoms with Gasteiger partial charge in [-0.15, -0.1) is 11.3 Å². The molecular weight excluding hydrogens is 641 g/mol. The summed E-state index contributed by atoms with van der Waals surface area (Å²) in [6.45, 7) is 0. The van der Waals surface area contributed by atoms with Gasteiger partial charge < -0.3 is 8.83 Å². The Morgan fingerprint density at radius 1 is 0.294 bits per heavy atom. The predicted octanol–water partition coefficient (Wildman–Crippen LogP) is 14.5. The zero-order chi connectivity index (χ0) is 33.5. The maximum atomic E-state index is 6.08. The van der Waals surface area contributed by atoms with Crippen molar-refractivity contribution in [3.05, 3.63) is 170 Å². The minimum Gasteiger partial charge on any atom is -0.456 e. The first-order chi connectivity index (χ1) is 25.2. The summed E-state index contributed by atoms with van der Waals surface area (Å²) >= 11 is 1.87. The second-order valence-electron chi connectivity index (χ2n) is 13.2. The van der Waals surface area contributed by atoms with Crippen LogP contribution in [0.1, 0.15) is 0 Å². The van der Waals surface area contributed by atoms with Crippen molar-refractivity contribution >= 4 is 75.4 Å². The van der Waals surface area contributed by atoms with E-state index in [1.165, 1.54) is 64.7 Å². The first-order valence-corrected chi connectivity index (χ1v) is 18.1. The Bertz CT molecular complexity index is 2910. The van der Waals surface area contributed by atoms with E-state index in [2.05, 4.69) is 146 Å². The van der Waals surface area contributed by atoms with E-state index in [0.29, 0.717) is 0 Å². The summed E-state index contributed by atoms with van der Waals surface area (Å²) in [6, 6.07) is 61.0. The maximum Gasteiger partial charge on any atom is 0.135 e. The Morgan fingerprint density at radius 3 is 1.16 bits per heavy atom. The third-order valence-electron chi connectivity index (χ3n) is 10.3. The van der Waals surface area contributed by atoms with Gasteiger partial charge in [-0.3, -0.25) is 0 Å². The molecule has 0 atom stereocenters. The van der Waals surface area contributed by atoms with Gasteiger partial charge in [-0.1, -0.05) is 121 Å². The van der Waals surface area contributed by atoms with Crippen molar-refractivity contribution in [1.82, 2.24) is 0 Å². The molecule has 8 aromatic carbocycles. The number of para-hydroxylation sites is 2. The van der Waals surface area contributed by atoms with Crippen molar-refractivity contribution < 1.29 is 8.83 Å². The maximum absolute atomic E-state index is 6.08. The average Bonchev–Trinajstić information content (AvgIpc) is 3.89. The number of rotatable bonds is 4. The Balaban J connectivity index is 0.982. The Labute approximate surface area is 297 Å². The lowest BCUT2D eigenvalue weighted by molar-refractivity contribution is 0.668. The third-order valence-corrected chi connectivity index (χ3v) is 11.5. The van der Waals surface area contributed by atoms with Gasteiger partial charge in [-0.05, 0) is 93.0 Å². The van der Waals surface area contributed by atoms with Crippen LogP contribution in [0.2, 0.25) is 0 Å². The van der Waals surface area contributed by atoms with E-state index in [9.17, 15) is 0 Å². The van der Waals surface area contributed by atoms with Crippen molar-refractivity contribution in [2.24, 2.45) is 0 Å². The van der Waals surface area contributed by atoms with Crippen LogP contribution in [0, 0.1) is 0 Å². The molecule has 0 saturated carbocycles. The Morgan fingerprint density at radius 2 is 0.686 bits per heavy atom. The normalized spacial score (nSPS) is 11.9. The quantitative estimate of drug-likeness (QED) is 0.187. The lowest BCUT2D eigenvalue weighted by atomic mass is 9.93. The molecule has 238 valence electrons. The van der Waals surface area contributed by atoms with E-state index in [-0.39, 0.29) is 0 Å². The molecule has 0 saturated heterocycles. The zero-order valence-electron chi connectivity index (χ0n) is 27.4. The number of hydrogen-bond acceptors (Lipinski definition) is 3. The highest BCUT2D eigenvalue weighted by Crippen LogP contribution is 2.45. The molecule has 0 amide bonds. The summed E-state index contributed by atoms with van der Waals surface area (Å²) in [5.41, 5.74) is 13.4. The molecule has 11 aromatic rings. The topological polar surface area (TPSA) is 26.3 Å². The van der Waals surface area contributed by atoms with Crippen LogP contribution in [0.4, 0.5) is 0 Å². The van der Waals surface area contributed by atoms with Gasteiger partial charge in [0.05, 0.1) is 0 Å². The first kappa shape index (κ1) is 28.4. The number of thiophene rings is 1. The average molecular weight is 669 g/mol. The molecule has 0 aliphatic carbocycles. The molecule has 0 bridgehead atoms. The second kappa shape index (κ2) is 11.0. The van der Waals surface area contributed by atoms with E-state index >= 15 is 0 Å². The molecule has 0 fully saturated rings. The summed E-state index contributed by atoms with van der Waals surface area (Å²) in [7, 11) is 0. The van der Waals surface area contributed by atoms with Crippen molar-refractivity contribution in [2.75, 3.05) is 0 Å². The summed E-state index contributed by atoms with van der Waals surface area (Å²) in [5, 5.41) is 7.22. The second-order valence-corrected chi connectivity index (χ2v) is 14.3. The predicted molar refractivity (Wildman–Crippen MR) is 216 cm³/mol. The molecule has 3 aromatic heterocycles. The lowest BCUT2D eigenvalue weighted by Crippen LogP contribution is -1.84. The standard InChI is InChI=1S/C48H28O2S/c1-3-11-41-37(7-1)39-27-33(23-25-43(39)49-41)29-15-19-31(20-16-29)35-9-5-13-45-47(35)48-36(10-6-14-46(48)51-45)32-21-17-30(18-22-32)34-24-26-44-40(28-34)38-8-2-4-12-42(38)50-44/h1-28H. The van der Waals surface area contributed by atoms with Crippen LogP contribution >= 0.6 is 11.3 Å². The van der Waals surface area contributed by atoms with Gasteiger partial charge in [0.2, 0.25) is 0 Å². The molecule has 2 nitrogen and oxygen atoms in total.